The standard InChI is InChI=1S/C19H17N5O2/c1-13-3-7-15(8-4-13)21-18(25)17-19(26)24(22-23(17)12-11-20)16-9-5-14(2)6-10-16/h3-10H,12H2,1-2H3,(H-,21,22,25,26). The van der Waals surface area contributed by atoms with Crippen LogP contribution in [-0.4, -0.2) is 15.8 Å². The minimum atomic E-state index is -0.698. The van der Waals surface area contributed by atoms with Gasteiger partial charge in [-0.15, -0.1) is 4.68 Å². The van der Waals surface area contributed by atoms with Crippen molar-refractivity contribution in [2.45, 2.75) is 20.4 Å². The molecule has 0 amide bonds. The van der Waals surface area contributed by atoms with Gasteiger partial charge in [0.05, 0.1) is 5.69 Å². The number of benzene rings is 2. The van der Waals surface area contributed by atoms with Crippen molar-refractivity contribution in [3.8, 4) is 11.8 Å². The molecule has 0 unspecified atom stereocenters. The Balaban J connectivity index is 2.11. The molecule has 3 aromatic rings. The lowest BCUT2D eigenvalue weighted by Gasteiger charge is -2.06. The molecular weight excluding hydrogens is 330 g/mol. The van der Waals surface area contributed by atoms with Gasteiger partial charge in [0.1, 0.15) is 6.07 Å². The molecule has 1 aromatic heterocycles. The van der Waals surface area contributed by atoms with Crippen LogP contribution in [0.5, 0.6) is 0 Å². The maximum atomic E-state index is 12.8. The Morgan fingerprint density at radius 3 is 2.31 bits per heavy atom. The summed E-state index contributed by atoms with van der Waals surface area (Å²) >= 11 is 0. The SMILES string of the molecule is Cc1ccc(N=C([O-])c2c(=O)n(-c3ccc(C)cc3)[nH][n+]2CC#N)cc1. The van der Waals surface area contributed by atoms with Gasteiger partial charge in [0.15, 0.2) is 12.2 Å². The number of aromatic amines is 1. The molecule has 130 valence electrons. The second-order valence-electron chi connectivity index (χ2n) is 5.92. The molecule has 7 nitrogen and oxygen atoms in total. The van der Waals surface area contributed by atoms with Crippen LogP contribution >= 0.6 is 0 Å². The third-order valence-electron chi connectivity index (χ3n) is 3.88. The van der Waals surface area contributed by atoms with E-state index in [2.05, 4.69) is 10.2 Å². The van der Waals surface area contributed by atoms with Crippen molar-refractivity contribution in [2.75, 3.05) is 0 Å². The Labute approximate surface area is 150 Å². The van der Waals surface area contributed by atoms with Crippen LogP contribution in [0.3, 0.4) is 0 Å². The smallest absolute Gasteiger partial charge is 0.406 e. The molecule has 26 heavy (non-hydrogen) atoms. The van der Waals surface area contributed by atoms with Crippen molar-refractivity contribution in [3.05, 3.63) is 75.7 Å². The highest BCUT2D eigenvalue weighted by molar-refractivity contribution is 5.88. The zero-order valence-electron chi connectivity index (χ0n) is 14.4. The lowest BCUT2D eigenvalue weighted by molar-refractivity contribution is -0.746. The fraction of sp³-hybridized carbons (Fsp3) is 0.158. The van der Waals surface area contributed by atoms with Crippen molar-refractivity contribution < 1.29 is 9.79 Å². The molecule has 0 atom stereocenters. The molecule has 3 rings (SSSR count). The van der Waals surface area contributed by atoms with Gasteiger partial charge >= 0.3 is 5.56 Å². The van der Waals surface area contributed by atoms with Crippen LogP contribution in [0.2, 0.25) is 0 Å². The molecule has 0 saturated heterocycles. The summed E-state index contributed by atoms with van der Waals surface area (Å²) in [6.07, 6.45) is 0. The van der Waals surface area contributed by atoms with Gasteiger partial charge in [0.25, 0.3) is 0 Å². The maximum Gasteiger partial charge on any atom is 0.406 e. The van der Waals surface area contributed by atoms with E-state index in [0.29, 0.717) is 11.4 Å². The van der Waals surface area contributed by atoms with Crippen LogP contribution in [0.25, 0.3) is 5.69 Å². The first kappa shape index (κ1) is 17.2. The normalized spacial score (nSPS) is 11.3. The van der Waals surface area contributed by atoms with Crippen LogP contribution in [-0.2, 0) is 6.54 Å². The molecule has 2 aromatic carbocycles. The lowest BCUT2D eigenvalue weighted by Crippen LogP contribution is -2.46. The van der Waals surface area contributed by atoms with E-state index in [1.54, 1.807) is 24.3 Å². The van der Waals surface area contributed by atoms with E-state index in [1.165, 1.54) is 9.36 Å². The van der Waals surface area contributed by atoms with Gasteiger partial charge in [-0.2, -0.15) is 5.26 Å². The van der Waals surface area contributed by atoms with Gasteiger partial charge in [-0.1, -0.05) is 45.3 Å². The van der Waals surface area contributed by atoms with Crippen molar-refractivity contribution in [3.63, 3.8) is 0 Å². The number of hydrogen-bond acceptors (Lipinski definition) is 4. The molecule has 1 N–H and O–H groups in total. The third-order valence-corrected chi connectivity index (χ3v) is 3.88. The Kier molecular flexibility index (Phi) is 4.67. The van der Waals surface area contributed by atoms with Crippen molar-refractivity contribution in [1.82, 2.24) is 9.90 Å². The predicted octanol–water partition coefficient (Wildman–Crippen LogP) is 1.03. The van der Waals surface area contributed by atoms with Crippen molar-refractivity contribution in [2.24, 2.45) is 4.99 Å². The van der Waals surface area contributed by atoms with E-state index in [1.807, 2.05) is 44.2 Å². The average Bonchev–Trinajstić information content (AvgIpc) is 2.94. The van der Waals surface area contributed by atoms with Gasteiger partial charge in [-0.05, 0) is 38.1 Å². The van der Waals surface area contributed by atoms with Crippen LogP contribution in [0.4, 0.5) is 5.69 Å². The van der Waals surface area contributed by atoms with Gasteiger partial charge in [-0.3, -0.25) is 4.99 Å². The van der Waals surface area contributed by atoms with E-state index >= 15 is 0 Å². The highest BCUT2D eigenvalue weighted by atomic mass is 16.3. The second kappa shape index (κ2) is 7.07. The molecule has 7 heteroatoms. The fourth-order valence-corrected chi connectivity index (χ4v) is 2.49. The zero-order valence-corrected chi connectivity index (χ0v) is 14.4. The molecule has 0 saturated carbocycles. The Morgan fingerprint density at radius 2 is 1.73 bits per heavy atom. The molecule has 0 radical (unpaired) electrons. The molecule has 0 aliphatic carbocycles. The highest BCUT2D eigenvalue weighted by Crippen LogP contribution is 2.13. The first-order valence-corrected chi connectivity index (χ1v) is 8.01. The summed E-state index contributed by atoms with van der Waals surface area (Å²) in [7, 11) is 0. The largest absolute Gasteiger partial charge is 0.855 e. The van der Waals surface area contributed by atoms with E-state index in [9.17, 15) is 9.90 Å². The van der Waals surface area contributed by atoms with Gasteiger partial charge < -0.3 is 5.11 Å². The van der Waals surface area contributed by atoms with Gasteiger partial charge in [0, 0.05) is 5.90 Å². The summed E-state index contributed by atoms with van der Waals surface area (Å²) in [5, 5.41) is 24.4. The van der Waals surface area contributed by atoms with Crippen molar-refractivity contribution in [1.29, 1.82) is 5.26 Å². The van der Waals surface area contributed by atoms with Crippen LogP contribution in [0, 0.1) is 25.2 Å². The number of nitrogens with one attached hydrogen (secondary N) is 1. The van der Waals surface area contributed by atoms with Gasteiger partial charge in [0.2, 0.25) is 5.69 Å². The second-order valence-corrected chi connectivity index (χ2v) is 5.92. The molecule has 0 aliphatic rings. The highest BCUT2D eigenvalue weighted by Gasteiger charge is 2.23. The summed E-state index contributed by atoms with van der Waals surface area (Å²) in [5.41, 5.74) is 2.37. The maximum absolute atomic E-state index is 12.8. The van der Waals surface area contributed by atoms with E-state index in [0.717, 1.165) is 11.1 Å². The topological polar surface area (TPSA) is 101 Å². The van der Waals surface area contributed by atoms with Crippen LogP contribution in [0.15, 0.2) is 58.3 Å². The number of nitriles is 1. The molecule has 0 fully saturated rings. The number of aliphatic imine (C=N–C) groups is 1. The molecule has 0 bridgehead atoms. The lowest BCUT2D eigenvalue weighted by atomic mass is 10.2. The predicted molar refractivity (Wildman–Crippen MR) is 94.3 cm³/mol. The van der Waals surface area contributed by atoms with Crippen LogP contribution in [0.1, 0.15) is 16.8 Å². The average molecular weight is 347 g/mol. The Morgan fingerprint density at radius 1 is 1.15 bits per heavy atom. The quantitative estimate of drug-likeness (QED) is 0.433. The van der Waals surface area contributed by atoms with E-state index in [-0.39, 0.29) is 12.2 Å². The number of aryl methyl sites for hydroxylation is 2. The fourth-order valence-electron chi connectivity index (χ4n) is 2.49. The zero-order chi connectivity index (χ0) is 18.7. The number of hydrogen-bond donors (Lipinski definition) is 1. The van der Waals surface area contributed by atoms with E-state index in [4.69, 9.17) is 5.26 Å². The monoisotopic (exact) mass is 347 g/mol. The number of H-pyrrole nitrogens is 1. The summed E-state index contributed by atoms with van der Waals surface area (Å²) in [5.74, 6) is -0.698. The summed E-state index contributed by atoms with van der Waals surface area (Å²) in [6.45, 7) is 3.70. The molecule has 1 heterocycles. The first-order valence-electron chi connectivity index (χ1n) is 8.01. The van der Waals surface area contributed by atoms with Gasteiger partial charge in [-0.25, -0.2) is 4.79 Å². The summed E-state index contributed by atoms with van der Waals surface area (Å²) in [4.78, 5) is 16.7. The van der Waals surface area contributed by atoms with E-state index < -0.39 is 11.5 Å². The minimum absolute atomic E-state index is 0.168. The summed E-state index contributed by atoms with van der Waals surface area (Å²) in [6, 6.07) is 16.2. The number of nitrogens with zero attached hydrogens (tertiary/aromatic N) is 4. The first-order chi connectivity index (χ1) is 12.5. The minimum Gasteiger partial charge on any atom is -0.855 e. The Hall–Kier alpha value is -3.66. The summed E-state index contributed by atoms with van der Waals surface area (Å²) < 4.78 is 2.44. The third kappa shape index (κ3) is 3.39. The Bertz CT molecular complexity index is 1050. The molecule has 0 spiro atoms. The van der Waals surface area contributed by atoms with Crippen molar-refractivity contribution >= 4 is 11.6 Å². The number of rotatable bonds is 4. The molecular formula is C19H17N5O2. The van der Waals surface area contributed by atoms with Crippen LogP contribution < -0.4 is 15.3 Å². The number of aromatic nitrogens is 3. The molecule has 0 aliphatic heterocycles.